The minimum atomic E-state index is -0.0438. The van der Waals surface area contributed by atoms with Gasteiger partial charge in [0.1, 0.15) is 0 Å². The number of rotatable bonds is 5. The summed E-state index contributed by atoms with van der Waals surface area (Å²) in [5.41, 5.74) is 0.807. The molecular weight excluding hydrogens is 368 g/mol. The number of fused-ring (bicyclic) bond motifs is 1. The Kier molecular flexibility index (Phi) is 4.78. The number of thiophene rings is 1. The lowest BCUT2D eigenvalue weighted by molar-refractivity contribution is -0.131. The Morgan fingerprint density at radius 3 is 3.08 bits per heavy atom. The molecule has 8 heteroatoms. The van der Waals surface area contributed by atoms with Crippen LogP contribution in [-0.4, -0.2) is 39.2 Å². The van der Waals surface area contributed by atoms with Crippen molar-refractivity contribution in [1.29, 1.82) is 0 Å². The summed E-state index contributed by atoms with van der Waals surface area (Å²) in [5.74, 6) is 0.0592. The molecule has 3 aromatic rings. The number of nitrogens with one attached hydrogen (secondary N) is 1. The highest BCUT2D eigenvalue weighted by Crippen LogP contribution is 2.36. The highest BCUT2D eigenvalue weighted by molar-refractivity contribution is 7.15. The molecule has 0 saturated carbocycles. The first-order valence-electron chi connectivity index (χ1n) is 8.74. The van der Waals surface area contributed by atoms with Crippen molar-refractivity contribution in [2.24, 2.45) is 0 Å². The van der Waals surface area contributed by atoms with Gasteiger partial charge in [0, 0.05) is 35.7 Å². The van der Waals surface area contributed by atoms with Crippen molar-refractivity contribution in [1.82, 2.24) is 19.6 Å². The van der Waals surface area contributed by atoms with Crippen LogP contribution in [0, 0.1) is 0 Å². The fourth-order valence-corrected chi connectivity index (χ4v) is 5.17. The average Bonchev–Trinajstić information content (AvgIpc) is 3.37. The van der Waals surface area contributed by atoms with Gasteiger partial charge in [-0.3, -0.25) is 14.0 Å². The molecule has 1 aliphatic rings. The maximum atomic E-state index is 12.8. The molecular formula is C18H20N4O2S2. The minimum absolute atomic E-state index is 0.0438. The van der Waals surface area contributed by atoms with Crippen molar-refractivity contribution in [3.8, 4) is 0 Å². The summed E-state index contributed by atoms with van der Waals surface area (Å²) >= 11 is 3.05. The van der Waals surface area contributed by atoms with Crippen LogP contribution in [0.25, 0.3) is 4.96 Å². The largest absolute Gasteiger partial charge is 0.352 e. The van der Waals surface area contributed by atoms with E-state index in [1.165, 1.54) is 11.3 Å². The Morgan fingerprint density at radius 2 is 2.27 bits per heavy atom. The molecule has 1 atom stereocenters. The molecule has 1 saturated heterocycles. The molecule has 6 nitrogen and oxygen atoms in total. The van der Waals surface area contributed by atoms with Crippen molar-refractivity contribution in [3.63, 3.8) is 0 Å². The lowest BCUT2D eigenvalue weighted by Gasteiger charge is -2.23. The third kappa shape index (κ3) is 3.26. The molecule has 26 heavy (non-hydrogen) atoms. The van der Waals surface area contributed by atoms with Gasteiger partial charge < -0.3 is 10.2 Å². The second-order valence-corrected chi connectivity index (χ2v) is 8.30. The molecule has 4 heterocycles. The summed E-state index contributed by atoms with van der Waals surface area (Å²) in [6, 6.07) is 3.91. The highest BCUT2D eigenvalue weighted by Gasteiger charge is 2.31. The molecule has 1 aliphatic heterocycles. The van der Waals surface area contributed by atoms with E-state index in [0.717, 1.165) is 34.9 Å². The monoisotopic (exact) mass is 388 g/mol. The quantitative estimate of drug-likeness (QED) is 0.730. The number of carbonyl (C=O) groups excluding carboxylic acids is 2. The van der Waals surface area contributed by atoms with Gasteiger partial charge in [0.2, 0.25) is 5.91 Å². The third-order valence-corrected chi connectivity index (χ3v) is 6.52. The molecule has 0 spiro atoms. The molecule has 3 aromatic heterocycles. The summed E-state index contributed by atoms with van der Waals surface area (Å²) in [4.78, 5) is 34.0. The number of carbonyl (C=O) groups is 2. The Balaban J connectivity index is 1.48. The Morgan fingerprint density at radius 1 is 1.38 bits per heavy atom. The van der Waals surface area contributed by atoms with Gasteiger partial charge in [0.25, 0.3) is 5.91 Å². The van der Waals surface area contributed by atoms with E-state index in [1.807, 2.05) is 46.1 Å². The number of likely N-dealkylation sites (tertiary alicyclic amines) is 1. The number of nitrogens with zero attached hydrogens (tertiary/aromatic N) is 3. The summed E-state index contributed by atoms with van der Waals surface area (Å²) < 4.78 is 1.95. The summed E-state index contributed by atoms with van der Waals surface area (Å²) in [7, 11) is 0. The number of aromatic nitrogens is 2. The summed E-state index contributed by atoms with van der Waals surface area (Å²) in [5, 5.41) is 4.80. The Hall–Kier alpha value is -2.19. The summed E-state index contributed by atoms with van der Waals surface area (Å²) in [6.07, 6.45) is 6.13. The van der Waals surface area contributed by atoms with Crippen LogP contribution in [0.15, 0.2) is 29.9 Å². The second-order valence-electron chi connectivity index (χ2n) is 6.31. The maximum absolute atomic E-state index is 12.8. The van der Waals surface area contributed by atoms with E-state index in [2.05, 4.69) is 10.3 Å². The second kappa shape index (κ2) is 7.20. The van der Waals surface area contributed by atoms with E-state index < -0.39 is 0 Å². The zero-order chi connectivity index (χ0) is 18.1. The normalized spacial score (nSPS) is 17.1. The molecule has 0 bridgehead atoms. The topological polar surface area (TPSA) is 66.7 Å². The minimum Gasteiger partial charge on any atom is -0.352 e. The van der Waals surface area contributed by atoms with E-state index in [-0.39, 0.29) is 17.9 Å². The van der Waals surface area contributed by atoms with E-state index in [1.54, 1.807) is 11.3 Å². The van der Waals surface area contributed by atoms with Gasteiger partial charge in [0.05, 0.1) is 23.0 Å². The Labute approximate surface area is 159 Å². The van der Waals surface area contributed by atoms with Crippen LogP contribution in [0.4, 0.5) is 0 Å². The fourth-order valence-electron chi connectivity index (χ4n) is 3.38. The van der Waals surface area contributed by atoms with E-state index in [0.29, 0.717) is 17.8 Å². The van der Waals surface area contributed by atoms with Crippen molar-refractivity contribution in [2.45, 2.75) is 32.2 Å². The SMILES string of the molecule is CCNC(=O)c1ccc([C@H]2CCCN2C(=O)Cc2cn3ccsc3n2)s1. The number of hydrogen-bond acceptors (Lipinski definition) is 5. The fraction of sp³-hybridized carbons (Fsp3) is 0.389. The van der Waals surface area contributed by atoms with Crippen LogP contribution in [-0.2, 0) is 11.2 Å². The van der Waals surface area contributed by atoms with Gasteiger partial charge in [0.15, 0.2) is 4.96 Å². The molecule has 136 valence electrons. The van der Waals surface area contributed by atoms with E-state index in [9.17, 15) is 9.59 Å². The van der Waals surface area contributed by atoms with Crippen LogP contribution in [0.1, 0.15) is 46.0 Å². The van der Waals surface area contributed by atoms with Crippen molar-refractivity contribution < 1.29 is 9.59 Å². The predicted molar refractivity (Wildman–Crippen MR) is 103 cm³/mol. The van der Waals surface area contributed by atoms with Gasteiger partial charge in [-0.15, -0.1) is 22.7 Å². The molecule has 2 amide bonds. The highest BCUT2D eigenvalue weighted by atomic mass is 32.1. The molecule has 0 radical (unpaired) electrons. The van der Waals surface area contributed by atoms with Crippen LogP contribution in [0.3, 0.4) is 0 Å². The molecule has 1 fully saturated rings. The average molecular weight is 389 g/mol. The molecule has 1 N–H and O–H groups in total. The zero-order valence-corrected chi connectivity index (χ0v) is 16.1. The molecule has 0 unspecified atom stereocenters. The maximum Gasteiger partial charge on any atom is 0.261 e. The smallest absolute Gasteiger partial charge is 0.261 e. The molecule has 0 aromatic carbocycles. The van der Waals surface area contributed by atoms with Gasteiger partial charge in [-0.25, -0.2) is 4.98 Å². The van der Waals surface area contributed by atoms with Crippen LogP contribution in [0.2, 0.25) is 0 Å². The van der Waals surface area contributed by atoms with Gasteiger partial charge in [-0.2, -0.15) is 0 Å². The molecule has 4 rings (SSSR count). The number of thiazole rings is 1. The van der Waals surface area contributed by atoms with Crippen molar-refractivity contribution in [3.05, 3.63) is 45.4 Å². The first-order chi connectivity index (χ1) is 12.7. The van der Waals surface area contributed by atoms with Gasteiger partial charge in [-0.05, 0) is 31.9 Å². The number of hydrogen-bond donors (Lipinski definition) is 1. The predicted octanol–water partition coefficient (Wildman–Crippen LogP) is 3.11. The lowest BCUT2D eigenvalue weighted by atomic mass is 10.1. The van der Waals surface area contributed by atoms with Crippen molar-refractivity contribution in [2.75, 3.05) is 13.1 Å². The number of imidazole rings is 1. The van der Waals surface area contributed by atoms with Crippen LogP contribution < -0.4 is 5.32 Å². The van der Waals surface area contributed by atoms with E-state index in [4.69, 9.17) is 0 Å². The van der Waals surface area contributed by atoms with Crippen LogP contribution >= 0.6 is 22.7 Å². The number of amides is 2. The van der Waals surface area contributed by atoms with Crippen molar-refractivity contribution >= 4 is 39.4 Å². The summed E-state index contributed by atoms with van der Waals surface area (Å²) in [6.45, 7) is 3.28. The standard InChI is InChI=1S/C18H20N4O2S2/c1-2-19-17(24)15-6-5-14(26-15)13-4-3-7-22(13)16(23)10-12-11-21-8-9-25-18(21)20-12/h5-6,8-9,11,13H,2-4,7,10H2,1H3,(H,19,24)/t13-/m1/s1. The Bertz CT molecular complexity index is 913. The molecule has 0 aliphatic carbocycles. The first-order valence-corrected chi connectivity index (χ1v) is 10.4. The lowest BCUT2D eigenvalue weighted by Crippen LogP contribution is -2.31. The van der Waals surface area contributed by atoms with Gasteiger partial charge in [-0.1, -0.05) is 0 Å². The van der Waals surface area contributed by atoms with E-state index >= 15 is 0 Å². The zero-order valence-electron chi connectivity index (χ0n) is 14.5. The van der Waals surface area contributed by atoms with Crippen LogP contribution in [0.5, 0.6) is 0 Å². The first kappa shape index (κ1) is 17.2. The third-order valence-electron chi connectivity index (χ3n) is 4.56. The van der Waals surface area contributed by atoms with Gasteiger partial charge >= 0.3 is 0 Å².